The Morgan fingerprint density at radius 2 is 1.27 bits per heavy atom. The van der Waals surface area contributed by atoms with Gasteiger partial charge in [0.25, 0.3) is 0 Å². The first kappa shape index (κ1) is 24.1. The summed E-state index contributed by atoms with van der Waals surface area (Å²) in [5.41, 5.74) is 1.54. The third-order valence-electron chi connectivity index (χ3n) is 13.7. The Labute approximate surface area is 202 Å². The number of carboxylic acid groups (broad SMARTS) is 1. The van der Waals surface area contributed by atoms with E-state index in [9.17, 15) is 15.0 Å². The molecule has 0 bridgehead atoms. The van der Waals surface area contributed by atoms with Gasteiger partial charge in [-0.1, -0.05) is 48.5 Å². The molecule has 0 saturated heterocycles. The number of fused-ring (bicyclic) bond motifs is 7. The quantitative estimate of drug-likeness (QED) is 0.433. The number of hydrogen-bond acceptors (Lipinski definition) is 2. The highest BCUT2D eigenvalue weighted by molar-refractivity contribution is 5.72. The molecule has 0 aliphatic heterocycles. The van der Waals surface area contributed by atoms with E-state index in [1.54, 1.807) is 0 Å². The van der Waals surface area contributed by atoms with Gasteiger partial charge < -0.3 is 10.2 Å². The Kier molecular flexibility index (Phi) is 5.13. The lowest BCUT2D eigenvalue weighted by atomic mass is 9.30. The van der Waals surface area contributed by atoms with Gasteiger partial charge in [-0.05, 0) is 121 Å². The SMILES string of the molecule is CC1(C)CC[C@]2(C)CC[C@]3(C)[C@H]4CC[C@@]5(C)[C@@H](CC[C@H](O)[C@@H]5C(=O)O)[C@]4(C)CC[C@@]3(C)[C@@H]2C1. The largest absolute Gasteiger partial charge is 0.481 e. The molecule has 0 heterocycles. The Balaban J connectivity index is 1.54. The summed E-state index contributed by atoms with van der Waals surface area (Å²) < 4.78 is 0. The highest BCUT2D eigenvalue weighted by Gasteiger charge is 2.71. The van der Waals surface area contributed by atoms with Crippen molar-refractivity contribution in [2.45, 2.75) is 125 Å². The van der Waals surface area contributed by atoms with Crippen molar-refractivity contribution in [2.24, 2.45) is 56.2 Å². The molecule has 2 N–H and O–H groups in total. The molecule has 0 spiro atoms. The molecule has 33 heavy (non-hydrogen) atoms. The summed E-state index contributed by atoms with van der Waals surface area (Å²) in [6.45, 7) is 17.7. The van der Waals surface area contributed by atoms with Crippen molar-refractivity contribution in [1.29, 1.82) is 0 Å². The van der Waals surface area contributed by atoms with Crippen LogP contribution < -0.4 is 0 Å². The number of carboxylic acids is 1. The van der Waals surface area contributed by atoms with E-state index in [0.29, 0.717) is 39.9 Å². The van der Waals surface area contributed by atoms with Gasteiger partial charge in [-0.15, -0.1) is 0 Å². The molecule has 3 heteroatoms. The van der Waals surface area contributed by atoms with Crippen LogP contribution >= 0.6 is 0 Å². The fraction of sp³-hybridized carbons (Fsp3) is 0.967. The maximum atomic E-state index is 12.3. The van der Waals surface area contributed by atoms with Gasteiger partial charge in [0.2, 0.25) is 0 Å². The molecule has 0 radical (unpaired) electrons. The van der Waals surface area contributed by atoms with Gasteiger partial charge in [-0.2, -0.15) is 0 Å². The second-order valence-electron chi connectivity index (χ2n) is 15.5. The number of hydrogen-bond donors (Lipinski definition) is 2. The first-order chi connectivity index (χ1) is 15.1. The minimum Gasteiger partial charge on any atom is -0.481 e. The molecule has 188 valence electrons. The van der Waals surface area contributed by atoms with Crippen LogP contribution in [0.3, 0.4) is 0 Å². The Hall–Kier alpha value is -0.570. The van der Waals surface area contributed by atoms with Crippen molar-refractivity contribution in [3.8, 4) is 0 Å². The predicted molar refractivity (Wildman–Crippen MR) is 133 cm³/mol. The molecule has 0 aromatic carbocycles. The van der Waals surface area contributed by atoms with E-state index < -0.39 is 18.0 Å². The average molecular weight is 459 g/mol. The summed E-state index contributed by atoms with van der Waals surface area (Å²) in [7, 11) is 0. The molecule has 10 atom stereocenters. The van der Waals surface area contributed by atoms with E-state index in [1.165, 1.54) is 44.9 Å². The summed E-state index contributed by atoms with van der Waals surface area (Å²) in [6.07, 6.45) is 12.4. The normalized spacial score (nSPS) is 57.8. The maximum absolute atomic E-state index is 12.3. The fourth-order valence-corrected chi connectivity index (χ4v) is 11.6. The Morgan fingerprint density at radius 3 is 1.94 bits per heavy atom. The van der Waals surface area contributed by atoms with Crippen LogP contribution in [0.1, 0.15) is 119 Å². The molecule has 0 amide bonds. The van der Waals surface area contributed by atoms with Crippen molar-refractivity contribution in [3.63, 3.8) is 0 Å². The number of rotatable bonds is 1. The van der Waals surface area contributed by atoms with E-state index in [1.807, 2.05) is 0 Å². The molecule has 0 aromatic rings. The molecule has 5 rings (SSSR count). The van der Waals surface area contributed by atoms with E-state index in [4.69, 9.17) is 0 Å². The summed E-state index contributed by atoms with van der Waals surface area (Å²) in [4.78, 5) is 12.3. The molecule has 5 aliphatic rings. The highest BCUT2D eigenvalue weighted by Crippen LogP contribution is 2.78. The van der Waals surface area contributed by atoms with E-state index in [0.717, 1.165) is 25.2 Å². The standard InChI is InChI=1S/C30H50O3/c1-25(2)12-13-26(3)14-16-29(6)21-10-11-28(5)20(9-8-19(31)23(28)24(32)33)27(21,4)15-17-30(29,7)22(26)18-25/h19-23,31H,8-18H2,1-7H3,(H,32,33)/t19-,20-,21-,22+,23+,26+,27-,28-,29+,30-/m0/s1. The molecule has 5 saturated carbocycles. The predicted octanol–water partition coefficient (Wildman–Crippen LogP) is 7.31. The van der Waals surface area contributed by atoms with Crippen LogP contribution in [0.5, 0.6) is 0 Å². The maximum Gasteiger partial charge on any atom is 0.309 e. The number of aliphatic hydroxyl groups is 1. The van der Waals surface area contributed by atoms with Crippen LogP contribution in [-0.2, 0) is 4.79 Å². The summed E-state index contributed by atoms with van der Waals surface area (Å²) in [5.74, 6) is 0.488. The third kappa shape index (κ3) is 2.99. The second kappa shape index (κ2) is 7.01. The summed E-state index contributed by atoms with van der Waals surface area (Å²) in [6, 6.07) is 0. The second-order valence-corrected chi connectivity index (χ2v) is 15.5. The topological polar surface area (TPSA) is 57.5 Å². The monoisotopic (exact) mass is 458 g/mol. The molecule has 0 unspecified atom stereocenters. The molecular formula is C30H50O3. The van der Waals surface area contributed by atoms with E-state index in [2.05, 4.69) is 48.5 Å². The molecule has 5 aliphatic carbocycles. The van der Waals surface area contributed by atoms with Crippen LogP contribution in [0.25, 0.3) is 0 Å². The lowest BCUT2D eigenvalue weighted by Crippen LogP contribution is -2.68. The zero-order valence-corrected chi connectivity index (χ0v) is 22.5. The van der Waals surface area contributed by atoms with E-state index >= 15 is 0 Å². The van der Waals surface area contributed by atoms with Gasteiger partial charge in [0.05, 0.1) is 12.0 Å². The van der Waals surface area contributed by atoms with Gasteiger partial charge in [0.15, 0.2) is 0 Å². The van der Waals surface area contributed by atoms with Gasteiger partial charge in [-0.3, -0.25) is 4.79 Å². The first-order valence-corrected chi connectivity index (χ1v) is 14.0. The van der Waals surface area contributed by atoms with Crippen molar-refractivity contribution < 1.29 is 15.0 Å². The molecular weight excluding hydrogens is 408 g/mol. The highest BCUT2D eigenvalue weighted by atomic mass is 16.4. The van der Waals surface area contributed by atoms with Crippen LogP contribution in [0.15, 0.2) is 0 Å². The third-order valence-corrected chi connectivity index (χ3v) is 13.7. The van der Waals surface area contributed by atoms with Crippen LogP contribution in [0.2, 0.25) is 0 Å². The van der Waals surface area contributed by atoms with Crippen molar-refractivity contribution in [1.82, 2.24) is 0 Å². The van der Waals surface area contributed by atoms with Crippen molar-refractivity contribution >= 4 is 5.97 Å². The minimum absolute atomic E-state index is 0.188. The minimum atomic E-state index is -0.776. The lowest BCUT2D eigenvalue weighted by Gasteiger charge is -2.75. The van der Waals surface area contributed by atoms with Crippen molar-refractivity contribution in [3.05, 3.63) is 0 Å². The first-order valence-electron chi connectivity index (χ1n) is 14.0. The van der Waals surface area contributed by atoms with Crippen molar-refractivity contribution in [2.75, 3.05) is 0 Å². The Morgan fingerprint density at radius 1 is 0.667 bits per heavy atom. The molecule has 5 fully saturated rings. The zero-order chi connectivity index (χ0) is 24.2. The summed E-state index contributed by atoms with van der Waals surface area (Å²) >= 11 is 0. The van der Waals surface area contributed by atoms with Gasteiger partial charge >= 0.3 is 5.97 Å². The zero-order valence-electron chi connectivity index (χ0n) is 22.5. The van der Waals surface area contributed by atoms with Crippen LogP contribution in [-0.4, -0.2) is 22.3 Å². The van der Waals surface area contributed by atoms with Crippen LogP contribution in [0.4, 0.5) is 0 Å². The number of aliphatic carboxylic acids is 1. The van der Waals surface area contributed by atoms with Gasteiger partial charge in [-0.25, -0.2) is 0 Å². The summed E-state index contributed by atoms with van der Waals surface area (Å²) in [5, 5.41) is 20.8. The Bertz CT molecular complexity index is 834. The number of carbonyl (C=O) groups is 1. The number of aliphatic hydroxyl groups excluding tert-OH is 1. The lowest BCUT2D eigenvalue weighted by molar-refractivity contribution is -0.263. The molecule has 3 nitrogen and oxygen atoms in total. The fourth-order valence-electron chi connectivity index (χ4n) is 11.6. The van der Waals surface area contributed by atoms with Gasteiger partial charge in [0.1, 0.15) is 0 Å². The van der Waals surface area contributed by atoms with Gasteiger partial charge in [0, 0.05) is 0 Å². The molecule has 0 aromatic heterocycles. The average Bonchev–Trinajstić information content (AvgIpc) is 2.70. The van der Waals surface area contributed by atoms with Crippen LogP contribution in [0, 0.1) is 56.2 Å². The van der Waals surface area contributed by atoms with E-state index in [-0.39, 0.29) is 10.8 Å². The smallest absolute Gasteiger partial charge is 0.309 e.